The Hall–Kier alpha value is -4.63. The Kier molecular flexibility index (Phi) is 5.91. The van der Waals surface area contributed by atoms with Crippen molar-refractivity contribution >= 4 is 51.6 Å². The smallest absolute Gasteiger partial charge is 0.277 e. The second-order valence-corrected chi connectivity index (χ2v) is 8.44. The maximum absolute atomic E-state index is 12.8. The highest BCUT2D eigenvalue weighted by Crippen LogP contribution is 2.36. The van der Waals surface area contributed by atoms with Gasteiger partial charge in [0.05, 0.1) is 29.7 Å². The number of likely N-dealkylation sites (tertiary alicyclic amines) is 1. The number of H-pyrrole nitrogens is 1. The minimum Gasteiger partial charge on any atom is -0.493 e. The van der Waals surface area contributed by atoms with E-state index in [1.165, 1.54) is 18.0 Å². The van der Waals surface area contributed by atoms with Gasteiger partial charge in [0.1, 0.15) is 17.3 Å². The van der Waals surface area contributed by atoms with Gasteiger partial charge in [-0.25, -0.2) is 15.0 Å². The monoisotopic (exact) mass is 505 g/mol. The third-order valence-corrected chi connectivity index (χ3v) is 6.03. The molecule has 0 radical (unpaired) electrons. The van der Waals surface area contributed by atoms with Gasteiger partial charge >= 0.3 is 0 Å². The number of aryl methyl sites for hydroxylation is 1. The molecule has 1 aliphatic heterocycles. The van der Waals surface area contributed by atoms with Crippen molar-refractivity contribution in [2.75, 3.05) is 30.8 Å². The SMILES string of the molecule is COc1c(Cl)cccc1Nc1cc(Nc2cnc(C(=O)N3CCC3)c(C#N)n2)nc2[nH]n(C)c(=O)c12. The quantitative estimate of drug-likeness (QED) is 0.358. The zero-order chi connectivity index (χ0) is 25.4. The standard InChI is InChI=1S/C23H20ClN9O3/c1-32-22(34)18-14(27-13-6-3-5-12(24)20(13)36-2)9-16(30-21(18)31-32)29-17-11-26-19(15(10-25)28-17)23(35)33-7-4-8-33/h3,5-6,9,11H,4,7-8H2,1-2H3,(H3,27,28,29,30,31). The number of para-hydroxylation sites is 1. The van der Waals surface area contributed by atoms with E-state index in [-0.39, 0.29) is 28.7 Å². The topological polar surface area (TPSA) is 154 Å². The fourth-order valence-corrected chi connectivity index (χ4v) is 4.08. The molecule has 1 fully saturated rings. The highest BCUT2D eigenvalue weighted by atomic mass is 35.5. The van der Waals surface area contributed by atoms with E-state index in [2.05, 4.69) is 30.7 Å². The molecule has 0 bridgehead atoms. The van der Waals surface area contributed by atoms with Crippen molar-refractivity contribution in [1.29, 1.82) is 5.26 Å². The summed E-state index contributed by atoms with van der Waals surface area (Å²) in [6.07, 6.45) is 2.29. The number of rotatable bonds is 6. The van der Waals surface area contributed by atoms with E-state index in [0.29, 0.717) is 52.1 Å². The molecule has 0 aliphatic carbocycles. The third-order valence-electron chi connectivity index (χ3n) is 5.73. The molecule has 1 aromatic carbocycles. The number of nitriles is 1. The van der Waals surface area contributed by atoms with Crippen LogP contribution in [0.5, 0.6) is 5.75 Å². The van der Waals surface area contributed by atoms with E-state index in [1.807, 2.05) is 6.07 Å². The molecule has 4 aromatic rings. The molecule has 5 rings (SSSR count). The molecule has 1 aliphatic rings. The number of amides is 1. The van der Waals surface area contributed by atoms with Crippen LogP contribution >= 0.6 is 11.6 Å². The summed E-state index contributed by atoms with van der Waals surface area (Å²) in [6, 6.07) is 8.76. The van der Waals surface area contributed by atoms with Gasteiger partial charge in [0, 0.05) is 26.2 Å². The molecule has 0 saturated carbocycles. The van der Waals surface area contributed by atoms with Gasteiger partial charge in [-0.05, 0) is 18.6 Å². The second kappa shape index (κ2) is 9.20. The largest absolute Gasteiger partial charge is 0.493 e. The van der Waals surface area contributed by atoms with Gasteiger partial charge in [0.2, 0.25) is 0 Å². The van der Waals surface area contributed by atoms with Crippen LogP contribution in [0, 0.1) is 11.3 Å². The first-order chi connectivity index (χ1) is 17.4. The average molecular weight is 506 g/mol. The third kappa shape index (κ3) is 4.05. The van der Waals surface area contributed by atoms with Crippen LogP contribution in [0.25, 0.3) is 11.0 Å². The summed E-state index contributed by atoms with van der Waals surface area (Å²) >= 11 is 6.25. The number of aromatic nitrogens is 5. The lowest BCUT2D eigenvalue weighted by Crippen LogP contribution is -2.42. The summed E-state index contributed by atoms with van der Waals surface area (Å²) in [5.74, 6) is 0.620. The Labute approximate surface area is 209 Å². The normalized spacial score (nSPS) is 12.7. The summed E-state index contributed by atoms with van der Waals surface area (Å²) < 4.78 is 6.72. The van der Waals surface area contributed by atoms with Crippen molar-refractivity contribution in [3.63, 3.8) is 0 Å². The summed E-state index contributed by atoms with van der Waals surface area (Å²) in [5.41, 5.74) is 0.930. The van der Waals surface area contributed by atoms with Gasteiger partial charge in [0.15, 0.2) is 28.6 Å². The highest BCUT2D eigenvalue weighted by molar-refractivity contribution is 6.32. The molecule has 1 saturated heterocycles. The number of pyridine rings is 1. The summed E-state index contributed by atoms with van der Waals surface area (Å²) in [6.45, 7) is 1.27. The van der Waals surface area contributed by atoms with Crippen LogP contribution in [-0.2, 0) is 7.05 Å². The lowest BCUT2D eigenvalue weighted by atomic mass is 10.2. The number of hydrogen-bond acceptors (Lipinski definition) is 9. The van der Waals surface area contributed by atoms with Crippen molar-refractivity contribution in [3.05, 3.63) is 57.2 Å². The first-order valence-electron chi connectivity index (χ1n) is 10.9. The molecule has 0 atom stereocenters. The van der Waals surface area contributed by atoms with Crippen molar-refractivity contribution in [3.8, 4) is 11.8 Å². The molecule has 4 heterocycles. The van der Waals surface area contributed by atoms with E-state index in [4.69, 9.17) is 16.3 Å². The molecule has 0 unspecified atom stereocenters. The van der Waals surface area contributed by atoms with Crippen molar-refractivity contribution < 1.29 is 9.53 Å². The van der Waals surface area contributed by atoms with Crippen LogP contribution in [0.4, 0.5) is 23.0 Å². The maximum atomic E-state index is 12.8. The number of halogens is 1. The van der Waals surface area contributed by atoms with Crippen LogP contribution in [0.1, 0.15) is 22.6 Å². The molecule has 12 nitrogen and oxygen atoms in total. The van der Waals surface area contributed by atoms with Crippen molar-refractivity contribution in [2.24, 2.45) is 7.05 Å². The molecule has 13 heteroatoms. The summed E-state index contributed by atoms with van der Waals surface area (Å²) in [4.78, 5) is 39.8. The molecule has 3 N–H and O–H groups in total. The van der Waals surface area contributed by atoms with Crippen molar-refractivity contribution in [1.82, 2.24) is 29.6 Å². The van der Waals surface area contributed by atoms with Gasteiger partial charge in [0.25, 0.3) is 11.5 Å². The van der Waals surface area contributed by atoms with Gasteiger partial charge in [-0.3, -0.25) is 19.4 Å². The van der Waals surface area contributed by atoms with E-state index in [0.717, 1.165) is 6.42 Å². The van der Waals surface area contributed by atoms with Gasteiger partial charge in [-0.2, -0.15) is 5.26 Å². The highest BCUT2D eigenvalue weighted by Gasteiger charge is 2.26. The van der Waals surface area contributed by atoms with E-state index in [1.54, 1.807) is 36.2 Å². The maximum Gasteiger partial charge on any atom is 0.277 e. The summed E-state index contributed by atoms with van der Waals surface area (Å²) in [7, 11) is 3.08. The number of carbonyl (C=O) groups excluding carboxylic acids is 1. The molecule has 1 amide bonds. The van der Waals surface area contributed by atoms with Crippen LogP contribution in [-0.4, -0.2) is 55.7 Å². The molecule has 0 spiro atoms. The first-order valence-corrected chi connectivity index (χ1v) is 11.3. The van der Waals surface area contributed by atoms with Gasteiger partial charge in [-0.1, -0.05) is 17.7 Å². The number of nitrogens with zero attached hydrogens (tertiary/aromatic N) is 6. The molecule has 3 aromatic heterocycles. The number of ether oxygens (including phenoxy) is 1. The van der Waals surface area contributed by atoms with Crippen LogP contribution in [0.2, 0.25) is 5.02 Å². The predicted octanol–water partition coefficient (Wildman–Crippen LogP) is 2.92. The number of methoxy groups -OCH3 is 1. The number of carbonyl (C=O) groups is 1. The Morgan fingerprint density at radius 1 is 1.22 bits per heavy atom. The average Bonchev–Trinajstić information content (AvgIpc) is 3.11. The first kappa shape index (κ1) is 23.1. The molecule has 182 valence electrons. The number of fused-ring (bicyclic) bond motifs is 1. The number of aromatic amines is 1. The van der Waals surface area contributed by atoms with Crippen LogP contribution in [0.3, 0.4) is 0 Å². The lowest BCUT2D eigenvalue weighted by molar-refractivity contribution is 0.0645. The fraction of sp³-hybridized carbons (Fsp3) is 0.217. The fourth-order valence-electron chi connectivity index (χ4n) is 3.83. The van der Waals surface area contributed by atoms with Gasteiger partial charge in [-0.15, -0.1) is 0 Å². The van der Waals surface area contributed by atoms with Gasteiger partial charge < -0.3 is 20.3 Å². The Morgan fingerprint density at radius 2 is 2.03 bits per heavy atom. The zero-order valence-corrected chi connectivity index (χ0v) is 20.0. The minimum absolute atomic E-state index is 0.00829. The number of nitrogens with one attached hydrogen (secondary N) is 3. The Morgan fingerprint density at radius 3 is 2.72 bits per heavy atom. The van der Waals surface area contributed by atoms with E-state index >= 15 is 0 Å². The summed E-state index contributed by atoms with van der Waals surface area (Å²) in [5, 5.41) is 19.4. The number of anilines is 4. The molecular formula is C23H20ClN9O3. The zero-order valence-electron chi connectivity index (χ0n) is 19.3. The Balaban J connectivity index is 1.53. The number of hydrogen-bond donors (Lipinski definition) is 3. The lowest BCUT2D eigenvalue weighted by Gasteiger charge is -2.30. The minimum atomic E-state index is -0.319. The molecule has 36 heavy (non-hydrogen) atoms. The Bertz CT molecular complexity index is 1600. The van der Waals surface area contributed by atoms with E-state index < -0.39 is 0 Å². The second-order valence-electron chi connectivity index (χ2n) is 8.04. The van der Waals surface area contributed by atoms with Crippen LogP contribution in [0.15, 0.2) is 35.3 Å². The van der Waals surface area contributed by atoms with Crippen LogP contribution < -0.4 is 20.9 Å². The van der Waals surface area contributed by atoms with E-state index in [9.17, 15) is 14.9 Å². The molecular weight excluding hydrogens is 486 g/mol. The van der Waals surface area contributed by atoms with Crippen molar-refractivity contribution in [2.45, 2.75) is 6.42 Å². The predicted molar refractivity (Wildman–Crippen MR) is 133 cm³/mol. The number of benzene rings is 1.